The maximum absolute atomic E-state index is 13.0. The van der Waals surface area contributed by atoms with Crippen molar-refractivity contribution in [3.05, 3.63) is 92.2 Å². The third kappa shape index (κ3) is 3.82. The lowest BCUT2D eigenvalue weighted by atomic mass is 10.1. The molecule has 4 rings (SSSR count). The van der Waals surface area contributed by atoms with Gasteiger partial charge in [-0.2, -0.15) is 11.3 Å². The van der Waals surface area contributed by atoms with Gasteiger partial charge < -0.3 is 9.15 Å². The van der Waals surface area contributed by atoms with E-state index in [0.717, 1.165) is 11.1 Å². The van der Waals surface area contributed by atoms with Gasteiger partial charge in [0.15, 0.2) is 5.76 Å². The van der Waals surface area contributed by atoms with Crippen molar-refractivity contribution in [3.8, 4) is 17.1 Å². The summed E-state index contributed by atoms with van der Waals surface area (Å²) >= 11 is 7.58. The summed E-state index contributed by atoms with van der Waals surface area (Å²) in [4.78, 5) is 13.0. The maximum Gasteiger partial charge on any atom is 0.235 e. The molecule has 27 heavy (non-hydrogen) atoms. The minimum atomic E-state index is -0.229. The Balaban J connectivity index is 1.71. The highest BCUT2D eigenvalue weighted by Gasteiger charge is 2.18. The molecule has 5 heteroatoms. The molecule has 134 valence electrons. The van der Waals surface area contributed by atoms with Gasteiger partial charge in [0.25, 0.3) is 0 Å². The van der Waals surface area contributed by atoms with E-state index >= 15 is 0 Å². The topological polar surface area (TPSA) is 39.4 Å². The van der Waals surface area contributed by atoms with Crippen molar-refractivity contribution in [3.63, 3.8) is 0 Å². The standard InChI is InChI=1S/C22H15ClO3S/c23-17-8-9-19-18(13-17)20(24)22(21(26-19)16-10-12-27-14-16)25-11-4-7-15-5-2-1-3-6-15/h1-10,12-14H,11H2/b7-4+. The predicted molar refractivity (Wildman–Crippen MR) is 112 cm³/mol. The fourth-order valence-corrected chi connectivity index (χ4v) is 3.55. The fraction of sp³-hybridized carbons (Fsp3) is 0.0455. The molecule has 0 saturated heterocycles. The van der Waals surface area contributed by atoms with Crippen LogP contribution in [0.4, 0.5) is 0 Å². The third-order valence-corrected chi connectivity index (χ3v) is 4.95. The molecular formula is C22H15ClO3S. The molecule has 0 aliphatic heterocycles. The van der Waals surface area contributed by atoms with Gasteiger partial charge in [0.2, 0.25) is 11.2 Å². The predicted octanol–water partition coefficient (Wildman–Crippen LogP) is 6.27. The SMILES string of the molecule is O=c1c(OC/C=C/c2ccccc2)c(-c2ccsc2)oc2ccc(Cl)cc12. The molecule has 3 nitrogen and oxygen atoms in total. The molecule has 0 atom stereocenters. The van der Waals surface area contributed by atoms with Crippen molar-refractivity contribution >= 4 is 40.0 Å². The molecular weight excluding hydrogens is 380 g/mol. The van der Waals surface area contributed by atoms with Crippen molar-refractivity contribution in [1.82, 2.24) is 0 Å². The Morgan fingerprint density at radius 3 is 2.74 bits per heavy atom. The molecule has 4 aromatic rings. The highest BCUT2D eigenvalue weighted by molar-refractivity contribution is 7.08. The zero-order chi connectivity index (χ0) is 18.6. The lowest BCUT2D eigenvalue weighted by molar-refractivity contribution is 0.352. The maximum atomic E-state index is 13.0. The summed E-state index contributed by atoms with van der Waals surface area (Å²) in [6.07, 6.45) is 3.82. The van der Waals surface area contributed by atoms with Crippen LogP contribution < -0.4 is 10.2 Å². The minimum Gasteiger partial charge on any atom is -0.482 e. The highest BCUT2D eigenvalue weighted by atomic mass is 35.5. The number of ether oxygens (including phenoxy) is 1. The first-order chi connectivity index (χ1) is 13.2. The molecule has 0 N–H and O–H groups in total. The van der Waals surface area contributed by atoms with Crippen LogP contribution in [0.15, 0.2) is 80.6 Å². The Labute approximate surface area is 165 Å². The molecule has 0 fully saturated rings. The van der Waals surface area contributed by atoms with Crippen LogP contribution in [0.1, 0.15) is 5.56 Å². The second-order valence-electron chi connectivity index (χ2n) is 5.87. The molecule has 0 amide bonds. The average Bonchev–Trinajstić information content (AvgIpc) is 3.22. The van der Waals surface area contributed by atoms with Crippen molar-refractivity contribution < 1.29 is 9.15 Å². The van der Waals surface area contributed by atoms with Crippen molar-refractivity contribution in [2.24, 2.45) is 0 Å². The Morgan fingerprint density at radius 1 is 1.11 bits per heavy atom. The summed E-state index contributed by atoms with van der Waals surface area (Å²) in [5.41, 5.74) is 2.14. The van der Waals surface area contributed by atoms with Crippen LogP contribution in [0.25, 0.3) is 28.4 Å². The second-order valence-corrected chi connectivity index (χ2v) is 7.08. The largest absolute Gasteiger partial charge is 0.482 e. The van der Waals surface area contributed by atoms with Gasteiger partial charge in [-0.1, -0.05) is 48.0 Å². The number of benzene rings is 2. The zero-order valence-corrected chi connectivity index (χ0v) is 15.8. The number of thiophene rings is 1. The smallest absolute Gasteiger partial charge is 0.235 e. The van der Waals surface area contributed by atoms with Crippen LogP contribution in [-0.4, -0.2) is 6.61 Å². The van der Waals surface area contributed by atoms with Crippen LogP contribution in [0.5, 0.6) is 5.75 Å². The summed E-state index contributed by atoms with van der Waals surface area (Å²) in [5.74, 6) is 0.630. The van der Waals surface area contributed by atoms with Gasteiger partial charge in [0, 0.05) is 16.0 Å². The summed E-state index contributed by atoms with van der Waals surface area (Å²) in [5, 5.41) is 4.74. The Kier molecular flexibility index (Phi) is 5.10. The number of hydrogen-bond donors (Lipinski definition) is 0. The Morgan fingerprint density at radius 2 is 1.96 bits per heavy atom. The van der Waals surface area contributed by atoms with Crippen LogP contribution in [-0.2, 0) is 0 Å². The van der Waals surface area contributed by atoms with Crippen molar-refractivity contribution in [1.29, 1.82) is 0 Å². The van der Waals surface area contributed by atoms with Crippen molar-refractivity contribution in [2.75, 3.05) is 6.61 Å². The minimum absolute atomic E-state index is 0.195. The molecule has 2 heterocycles. The van der Waals surface area contributed by atoms with E-state index in [1.54, 1.807) is 18.2 Å². The van der Waals surface area contributed by atoms with E-state index in [1.807, 2.05) is 59.3 Å². The van der Waals surface area contributed by atoms with Gasteiger partial charge in [-0.25, -0.2) is 0 Å². The van der Waals surface area contributed by atoms with Gasteiger partial charge in [-0.3, -0.25) is 4.79 Å². The van der Waals surface area contributed by atoms with E-state index in [4.69, 9.17) is 20.8 Å². The Bertz CT molecular complexity index is 1150. The van der Waals surface area contributed by atoms with Gasteiger partial charge in [0.05, 0.1) is 5.39 Å². The van der Waals surface area contributed by atoms with Crippen LogP contribution in [0.3, 0.4) is 0 Å². The first-order valence-electron chi connectivity index (χ1n) is 8.36. The second kappa shape index (κ2) is 7.82. The fourth-order valence-electron chi connectivity index (χ4n) is 2.74. The zero-order valence-electron chi connectivity index (χ0n) is 14.2. The molecule has 0 spiro atoms. The monoisotopic (exact) mass is 394 g/mol. The number of hydrogen-bond acceptors (Lipinski definition) is 4. The molecule has 2 aromatic carbocycles. The average molecular weight is 395 g/mol. The lowest BCUT2D eigenvalue weighted by Crippen LogP contribution is -2.10. The van der Waals surface area contributed by atoms with E-state index in [2.05, 4.69) is 0 Å². The van der Waals surface area contributed by atoms with E-state index in [0.29, 0.717) is 21.8 Å². The summed E-state index contributed by atoms with van der Waals surface area (Å²) < 4.78 is 11.8. The summed E-state index contributed by atoms with van der Waals surface area (Å²) in [6, 6.07) is 16.8. The number of rotatable bonds is 5. The Hall–Kier alpha value is -2.82. The van der Waals surface area contributed by atoms with Gasteiger partial charge in [0.1, 0.15) is 12.2 Å². The summed E-state index contributed by atoms with van der Waals surface area (Å²) in [6.45, 7) is 0.253. The third-order valence-electron chi connectivity index (χ3n) is 4.03. The van der Waals surface area contributed by atoms with Crippen molar-refractivity contribution in [2.45, 2.75) is 0 Å². The molecule has 0 bridgehead atoms. The van der Waals surface area contributed by atoms with E-state index in [-0.39, 0.29) is 17.8 Å². The molecule has 0 aliphatic carbocycles. The normalized spacial score (nSPS) is 11.3. The van der Waals surface area contributed by atoms with Crippen LogP contribution >= 0.6 is 22.9 Å². The van der Waals surface area contributed by atoms with E-state index in [9.17, 15) is 4.79 Å². The van der Waals surface area contributed by atoms with Gasteiger partial charge >= 0.3 is 0 Å². The van der Waals surface area contributed by atoms with E-state index in [1.165, 1.54) is 11.3 Å². The van der Waals surface area contributed by atoms with Gasteiger partial charge in [-0.15, -0.1) is 0 Å². The summed E-state index contributed by atoms with van der Waals surface area (Å²) in [7, 11) is 0. The van der Waals surface area contributed by atoms with E-state index < -0.39 is 0 Å². The molecule has 2 aromatic heterocycles. The van der Waals surface area contributed by atoms with Gasteiger partial charge in [-0.05, 0) is 41.3 Å². The van der Waals surface area contributed by atoms with Crippen LogP contribution in [0, 0.1) is 0 Å². The van der Waals surface area contributed by atoms with Crippen LogP contribution in [0.2, 0.25) is 5.02 Å². The highest BCUT2D eigenvalue weighted by Crippen LogP contribution is 2.32. The molecule has 0 aliphatic rings. The number of halogens is 1. The first-order valence-corrected chi connectivity index (χ1v) is 9.68. The number of fused-ring (bicyclic) bond motifs is 1. The molecule has 0 radical (unpaired) electrons. The molecule has 0 unspecified atom stereocenters. The lowest BCUT2D eigenvalue weighted by Gasteiger charge is -2.09. The quantitative estimate of drug-likeness (QED) is 0.400. The first kappa shape index (κ1) is 17.6. The molecule has 0 saturated carbocycles.